The number of ether oxygens (including phenoxy) is 1. The van der Waals surface area contributed by atoms with E-state index in [0.29, 0.717) is 6.10 Å². The van der Waals surface area contributed by atoms with E-state index in [1.807, 2.05) is 7.05 Å². The van der Waals surface area contributed by atoms with Crippen LogP contribution in [0, 0.1) is 0 Å². The first-order chi connectivity index (χ1) is 7.27. The highest BCUT2D eigenvalue weighted by molar-refractivity contribution is 4.48. The highest BCUT2D eigenvalue weighted by Crippen LogP contribution is 2.07. The van der Waals surface area contributed by atoms with Crippen LogP contribution in [0.1, 0.15) is 58.8 Å². The molecule has 0 aliphatic rings. The molecule has 1 N–H and O–H groups in total. The van der Waals surface area contributed by atoms with E-state index in [1.165, 1.54) is 51.5 Å². The number of rotatable bonds is 11. The number of nitrogens with one attached hydrogen (secondary N) is 1. The van der Waals surface area contributed by atoms with Gasteiger partial charge in [-0.25, -0.2) is 0 Å². The fourth-order valence-electron chi connectivity index (χ4n) is 1.61. The minimum Gasteiger partial charge on any atom is -0.379 e. The quantitative estimate of drug-likeness (QED) is 0.534. The Hall–Kier alpha value is -0.0800. The molecule has 0 aromatic rings. The summed E-state index contributed by atoms with van der Waals surface area (Å²) in [4.78, 5) is 0. The molecule has 0 spiro atoms. The molecule has 0 rings (SSSR count). The maximum absolute atomic E-state index is 5.49. The zero-order valence-corrected chi connectivity index (χ0v) is 10.8. The lowest BCUT2D eigenvalue weighted by atomic mass is 10.1. The second-order valence-electron chi connectivity index (χ2n) is 4.50. The number of hydrogen-bond donors (Lipinski definition) is 1. The van der Waals surface area contributed by atoms with Gasteiger partial charge in [0.2, 0.25) is 0 Å². The molecule has 0 saturated heterocycles. The molecule has 0 unspecified atom stereocenters. The fourth-order valence-corrected chi connectivity index (χ4v) is 1.61. The maximum atomic E-state index is 5.49. The summed E-state index contributed by atoms with van der Waals surface area (Å²) in [6, 6.07) is 0. The van der Waals surface area contributed by atoms with Crippen LogP contribution in [0.5, 0.6) is 0 Å². The Bertz CT molecular complexity index is 115. The van der Waals surface area contributed by atoms with E-state index >= 15 is 0 Å². The van der Waals surface area contributed by atoms with Gasteiger partial charge in [0, 0.05) is 6.61 Å². The van der Waals surface area contributed by atoms with Crippen molar-refractivity contribution >= 4 is 0 Å². The van der Waals surface area contributed by atoms with Gasteiger partial charge in [-0.2, -0.15) is 0 Å². The smallest absolute Gasteiger partial charge is 0.0518 e. The van der Waals surface area contributed by atoms with Crippen molar-refractivity contribution in [2.45, 2.75) is 64.9 Å². The second kappa shape index (κ2) is 12.0. The van der Waals surface area contributed by atoms with Crippen molar-refractivity contribution < 1.29 is 4.74 Å². The van der Waals surface area contributed by atoms with Gasteiger partial charge in [-0.1, -0.05) is 32.1 Å². The first-order valence-electron chi connectivity index (χ1n) is 6.53. The van der Waals surface area contributed by atoms with Gasteiger partial charge in [-0.05, 0) is 40.3 Å². The zero-order chi connectivity index (χ0) is 11.4. The van der Waals surface area contributed by atoms with Crippen LogP contribution in [0.3, 0.4) is 0 Å². The van der Waals surface area contributed by atoms with E-state index in [2.05, 4.69) is 19.2 Å². The largest absolute Gasteiger partial charge is 0.379 e. The summed E-state index contributed by atoms with van der Waals surface area (Å²) in [6.45, 7) is 6.31. The third-order valence-electron chi connectivity index (χ3n) is 2.52. The monoisotopic (exact) mass is 215 g/mol. The summed E-state index contributed by atoms with van der Waals surface area (Å²) < 4.78 is 5.49. The molecule has 0 amide bonds. The molecule has 92 valence electrons. The lowest BCUT2D eigenvalue weighted by molar-refractivity contribution is 0.0757. The van der Waals surface area contributed by atoms with Crippen molar-refractivity contribution in [3.8, 4) is 0 Å². The Kier molecular flexibility index (Phi) is 11.9. The SMILES string of the molecule is CNCCCCCCCCCOC(C)C. The molecule has 0 aromatic heterocycles. The van der Waals surface area contributed by atoms with E-state index < -0.39 is 0 Å². The van der Waals surface area contributed by atoms with Crippen LogP contribution in [0.25, 0.3) is 0 Å². The van der Waals surface area contributed by atoms with E-state index in [9.17, 15) is 0 Å². The van der Waals surface area contributed by atoms with Crippen molar-refractivity contribution in [3.05, 3.63) is 0 Å². The van der Waals surface area contributed by atoms with Gasteiger partial charge in [0.05, 0.1) is 6.10 Å². The first kappa shape index (κ1) is 14.9. The van der Waals surface area contributed by atoms with Crippen LogP contribution in [-0.4, -0.2) is 26.3 Å². The Labute approximate surface area is 95.8 Å². The molecule has 0 aliphatic heterocycles. The molecule has 0 saturated carbocycles. The van der Waals surface area contributed by atoms with Crippen LogP contribution >= 0.6 is 0 Å². The minimum absolute atomic E-state index is 0.395. The van der Waals surface area contributed by atoms with Crippen molar-refractivity contribution in [1.82, 2.24) is 5.32 Å². The first-order valence-corrected chi connectivity index (χ1v) is 6.53. The van der Waals surface area contributed by atoms with Crippen molar-refractivity contribution in [3.63, 3.8) is 0 Å². The topological polar surface area (TPSA) is 21.3 Å². The van der Waals surface area contributed by atoms with E-state index in [4.69, 9.17) is 4.74 Å². The van der Waals surface area contributed by atoms with Crippen molar-refractivity contribution in [2.24, 2.45) is 0 Å². The standard InChI is InChI=1S/C13H29NO/c1-13(2)15-12-10-8-6-4-5-7-9-11-14-3/h13-14H,4-12H2,1-3H3. The summed E-state index contributed by atoms with van der Waals surface area (Å²) in [5.41, 5.74) is 0. The molecular formula is C13H29NO. The third-order valence-corrected chi connectivity index (χ3v) is 2.52. The van der Waals surface area contributed by atoms with E-state index in [-0.39, 0.29) is 0 Å². The summed E-state index contributed by atoms with van der Waals surface area (Å²) in [5.74, 6) is 0. The molecule has 15 heavy (non-hydrogen) atoms. The summed E-state index contributed by atoms with van der Waals surface area (Å²) in [5, 5.41) is 3.18. The fraction of sp³-hybridized carbons (Fsp3) is 1.00. The van der Waals surface area contributed by atoms with Gasteiger partial charge in [0.15, 0.2) is 0 Å². The molecule has 0 bridgehead atoms. The summed E-state index contributed by atoms with van der Waals surface area (Å²) >= 11 is 0. The lowest BCUT2D eigenvalue weighted by Gasteiger charge is -2.06. The molecule has 0 aromatic carbocycles. The molecular weight excluding hydrogens is 186 g/mol. The van der Waals surface area contributed by atoms with Crippen LogP contribution in [0.2, 0.25) is 0 Å². The Morgan fingerprint density at radius 1 is 0.867 bits per heavy atom. The molecule has 2 nitrogen and oxygen atoms in total. The van der Waals surface area contributed by atoms with Gasteiger partial charge >= 0.3 is 0 Å². The van der Waals surface area contributed by atoms with Crippen LogP contribution in [0.4, 0.5) is 0 Å². The molecule has 0 radical (unpaired) electrons. The van der Waals surface area contributed by atoms with E-state index in [0.717, 1.165) is 6.61 Å². The average Bonchev–Trinajstić information content (AvgIpc) is 2.20. The lowest BCUT2D eigenvalue weighted by Crippen LogP contribution is -2.06. The second-order valence-corrected chi connectivity index (χ2v) is 4.50. The molecule has 0 heterocycles. The van der Waals surface area contributed by atoms with Gasteiger partial charge in [0.1, 0.15) is 0 Å². The normalized spacial score (nSPS) is 11.2. The summed E-state index contributed by atoms with van der Waals surface area (Å²) in [6.07, 6.45) is 9.83. The van der Waals surface area contributed by atoms with Gasteiger partial charge in [0.25, 0.3) is 0 Å². The van der Waals surface area contributed by atoms with Crippen molar-refractivity contribution in [1.29, 1.82) is 0 Å². The van der Waals surface area contributed by atoms with Gasteiger partial charge < -0.3 is 10.1 Å². The maximum Gasteiger partial charge on any atom is 0.0518 e. The third kappa shape index (κ3) is 13.9. The van der Waals surface area contributed by atoms with Crippen LogP contribution < -0.4 is 5.32 Å². The van der Waals surface area contributed by atoms with Gasteiger partial charge in [-0.15, -0.1) is 0 Å². The van der Waals surface area contributed by atoms with Gasteiger partial charge in [-0.3, -0.25) is 0 Å². The predicted octanol–water partition coefficient (Wildman–Crippen LogP) is 3.36. The predicted molar refractivity (Wildman–Crippen MR) is 67.3 cm³/mol. The highest BCUT2D eigenvalue weighted by atomic mass is 16.5. The Balaban J connectivity index is 2.87. The number of hydrogen-bond acceptors (Lipinski definition) is 2. The van der Waals surface area contributed by atoms with Crippen LogP contribution in [-0.2, 0) is 4.74 Å². The Morgan fingerprint density at radius 2 is 1.40 bits per heavy atom. The zero-order valence-electron chi connectivity index (χ0n) is 10.8. The molecule has 0 aliphatic carbocycles. The minimum atomic E-state index is 0.395. The van der Waals surface area contributed by atoms with Crippen LogP contribution in [0.15, 0.2) is 0 Å². The molecule has 2 heteroatoms. The number of unbranched alkanes of at least 4 members (excludes halogenated alkanes) is 6. The highest BCUT2D eigenvalue weighted by Gasteiger charge is 1.94. The summed E-state index contributed by atoms with van der Waals surface area (Å²) in [7, 11) is 2.02. The van der Waals surface area contributed by atoms with Crippen molar-refractivity contribution in [2.75, 3.05) is 20.2 Å². The molecule has 0 fully saturated rings. The van der Waals surface area contributed by atoms with E-state index in [1.54, 1.807) is 0 Å². The molecule has 0 atom stereocenters. The average molecular weight is 215 g/mol. The Morgan fingerprint density at radius 3 is 1.93 bits per heavy atom.